The van der Waals surface area contributed by atoms with Crippen molar-refractivity contribution in [1.82, 2.24) is 5.16 Å². The number of nitrogens with zero attached hydrogens (tertiary/aromatic N) is 1. The molecule has 1 aromatic rings. The van der Waals surface area contributed by atoms with E-state index in [2.05, 4.69) is 16.5 Å². The lowest BCUT2D eigenvalue weighted by Gasteiger charge is -2.26. The van der Waals surface area contributed by atoms with Crippen molar-refractivity contribution in [3.63, 3.8) is 0 Å². The maximum absolute atomic E-state index is 12.2. The maximum Gasteiger partial charge on any atom is 0.229 e. The summed E-state index contributed by atoms with van der Waals surface area (Å²) in [4.78, 5) is 12.2. The van der Waals surface area contributed by atoms with E-state index >= 15 is 0 Å². The number of allylic oxidation sites excluding steroid dienone is 1. The van der Waals surface area contributed by atoms with Crippen molar-refractivity contribution < 1.29 is 9.32 Å². The zero-order valence-electron chi connectivity index (χ0n) is 10.2. The van der Waals surface area contributed by atoms with Crippen LogP contribution in [0.4, 0.5) is 5.82 Å². The molecule has 0 aliphatic heterocycles. The number of fused-ring (bicyclic) bond motifs is 1. The van der Waals surface area contributed by atoms with E-state index in [9.17, 15) is 4.79 Å². The smallest absolute Gasteiger partial charge is 0.229 e. The molecule has 1 atom stereocenters. The Morgan fingerprint density at radius 1 is 1.50 bits per heavy atom. The van der Waals surface area contributed by atoms with Gasteiger partial charge in [0.15, 0.2) is 5.82 Å². The molecule has 2 fully saturated rings. The van der Waals surface area contributed by atoms with Crippen LogP contribution in [0.3, 0.4) is 0 Å². The number of rotatable bonds is 2. The summed E-state index contributed by atoms with van der Waals surface area (Å²) in [6.45, 7) is 0. The summed E-state index contributed by atoms with van der Waals surface area (Å²) in [6.07, 6.45) is 10.8. The first-order chi connectivity index (χ1) is 8.78. The van der Waals surface area contributed by atoms with Gasteiger partial charge in [-0.3, -0.25) is 4.79 Å². The fourth-order valence-corrected chi connectivity index (χ4v) is 3.29. The predicted octanol–water partition coefficient (Wildman–Crippen LogP) is 2.76. The van der Waals surface area contributed by atoms with Crippen LogP contribution in [0.25, 0.3) is 6.08 Å². The van der Waals surface area contributed by atoms with Gasteiger partial charge in [-0.25, -0.2) is 0 Å². The molecule has 2 saturated carbocycles. The van der Waals surface area contributed by atoms with Gasteiger partial charge in [-0.1, -0.05) is 23.7 Å². The molecule has 1 heterocycles. The Hall–Kier alpha value is -1.58. The van der Waals surface area contributed by atoms with Gasteiger partial charge in [-0.05, 0) is 31.1 Å². The van der Waals surface area contributed by atoms with Crippen LogP contribution < -0.4 is 5.32 Å². The zero-order chi connectivity index (χ0) is 12.2. The lowest BCUT2D eigenvalue weighted by molar-refractivity contribution is -0.118. The summed E-state index contributed by atoms with van der Waals surface area (Å²) < 4.78 is 5.26. The van der Waals surface area contributed by atoms with Crippen LogP contribution in [-0.2, 0) is 11.2 Å². The van der Waals surface area contributed by atoms with Gasteiger partial charge < -0.3 is 9.84 Å². The molecule has 0 aromatic carbocycles. The summed E-state index contributed by atoms with van der Waals surface area (Å²) in [6, 6.07) is 0. The Kier molecular flexibility index (Phi) is 1.99. The average molecular weight is 244 g/mol. The van der Waals surface area contributed by atoms with Crippen LogP contribution in [0.1, 0.15) is 43.4 Å². The third-order valence-corrected chi connectivity index (χ3v) is 4.72. The van der Waals surface area contributed by atoms with Gasteiger partial charge in [0.1, 0.15) is 5.76 Å². The fraction of sp³-hybridized carbons (Fsp3) is 0.571. The van der Waals surface area contributed by atoms with Gasteiger partial charge in [0.2, 0.25) is 5.91 Å². The number of hydrogen-bond donors (Lipinski definition) is 1. The van der Waals surface area contributed by atoms with Crippen molar-refractivity contribution in [2.24, 2.45) is 11.3 Å². The Balaban J connectivity index is 1.50. The van der Waals surface area contributed by atoms with E-state index < -0.39 is 0 Å². The lowest BCUT2D eigenvalue weighted by atomic mass is 9.80. The van der Waals surface area contributed by atoms with Crippen LogP contribution in [0.5, 0.6) is 0 Å². The normalized spacial score (nSPS) is 26.6. The minimum absolute atomic E-state index is 0.129. The van der Waals surface area contributed by atoms with E-state index in [0.717, 1.165) is 30.6 Å². The van der Waals surface area contributed by atoms with Crippen molar-refractivity contribution in [2.75, 3.05) is 5.32 Å². The second-order valence-corrected chi connectivity index (χ2v) is 5.77. The number of anilines is 1. The standard InChI is InChI=1S/C14H16N2O2/c17-13(10-8-14(10)6-3-7-14)15-12-9-4-1-2-5-11(9)18-16-12/h1,4,10H,2-3,5-8H2,(H,15,16,17)/t10-/m0/s1. The third-order valence-electron chi connectivity index (χ3n) is 4.72. The summed E-state index contributed by atoms with van der Waals surface area (Å²) in [5, 5.41) is 6.92. The summed E-state index contributed by atoms with van der Waals surface area (Å²) in [7, 11) is 0. The van der Waals surface area contributed by atoms with Gasteiger partial charge in [0, 0.05) is 12.3 Å². The second-order valence-electron chi connectivity index (χ2n) is 5.77. The van der Waals surface area contributed by atoms with Crippen molar-refractivity contribution in [2.45, 2.75) is 38.5 Å². The predicted molar refractivity (Wildman–Crippen MR) is 66.9 cm³/mol. The minimum atomic E-state index is 0.129. The lowest BCUT2D eigenvalue weighted by Crippen LogP contribution is -2.23. The van der Waals surface area contributed by atoms with Crippen LogP contribution in [0.2, 0.25) is 0 Å². The highest BCUT2D eigenvalue weighted by Gasteiger charge is 2.61. The summed E-state index contributed by atoms with van der Waals surface area (Å²) in [5.74, 6) is 1.84. The number of amides is 1. The molecule has 3 aliphatic carbocycles. The molecule has 1 N–H and O–H groups in total. The van der Waals surface area contributed by atoms with Gasteiger partial charge in [-0.15, -0.1) is 0 Å². The molecule has 18 heavy (non-hydrogen) atoms. The number of aromatic nitrogens is 1. The molecule has 0 unspecified atom stereocenters. The van der Waals surface area contributed by atoms with Crippen molar-refractivity contribution in [3.8, 4) is 0 Å². The first-order valence-electron chi connectivity index (χ1n) is 6.74. The molecular formula is C14H16N2O2. The van der Waals surface area contributed by atoms with Crippen molar-refractivity contribution >= 4 is 17.8 Å². The van der Waals surface area contributed by atoms with Crippen LogP contribution in [-0.4, -0.2) is 11.1 Å². The van der Waals surface area contributed by atoms with E-state index in [1.165, 1.54) is 19.3 Å². The average Bonchev–Trinajstić information content (AvgIpc) is 3.01. The Bertz CT molecular complexity index is 540. The molecule has 3 aliphatic rings. The van der Waals surface area contributed by atoms with Crippen LogP contribution in [0, 0.1) is 11.3 Å². The zero-order valence-corrected chi connectivity index (χ0v) is 10.2. The highest BCUT2D eigenvalue weighted by molar-refractivity contribution is 5.96. The molecular weight excluding hydrogens is 228 g/mol. The molecule has 0 radical (unpaired) electrons. The van der Waals surface area contributed by atoms with E-state index in [-0.39, 0.29) is 11.8 Å². The third kappa shape index (κ3) is 1.38. The first-order valence-corrected chi connectivity index (χ1v) is 6.74. The van der Waals surface area contributed by atoms with Crippen molar-refractivity contribution in [1.29, 1.82) is 0 Å². The van der Waals surface area contributed by atoms with Gasteiger partial charge in [0.05, 0.1) is 5.56 Å². The number of nitrogens with one attached hydrogen (secondary N) is 1. The molecule has 4 rings (SSSR count). The molecule has 1 aromatic heterocycles. The molecule has 0 saturated heterocycles. The SMILES string of the molecule is O=C(Nc1noc2c1C=CCC2)[C@@H]1CC12CCC2. The minimum Gasteiger partial charge on any atom is -0.359 e. The monoisotopic (exact) mass is 244 g/mol. The molecule has 1 amide bonds. The summed E-state index contributed by atoms with van der Waals surface area (Å²) >= 11 is 0. The van der Waals surface area contributed by atoms with Crippen LogP contribution >= 0.6 is 0 Å². The van der Waals surface area contributed by atoms with E-state index in [4.69, 9.17) is 4.52 Å². The van der Waals surface area contributed by atoms with Gasteiger partial charge in [0.25, 0.3) is 0 Å². The fourth-order valence-electron chi connectivity index (χ4n) is 3.29. The second kappa shape index (κ2) is 3.46. The number of carbonyl (C=O) groups excluding carboxylic acids is 1. The van der Waals surface area contributed by atoms with Crippen LogP contribution in [0.15, 0.2) is 10.6 Å². The molecule has 1 spiro atoms. The van der Waals surface area contributed by atoms with Crippen molar-refractivity contribution in [3.05, 3.63) is 17.4 Å². The van der Waals surface area contributed by atoms with E-state index in [1.54, 1.807) is 0 Å². The number of aryl methyl sites for hydroxylation is 1. The topological polar surface area (TPSA) is 55.1 Å². The van der Waals surface area contributed by atoms with Gasteiger partial charge in [-0.2, -0.15) is 0 Å². The molecule has 94 valence electrons. The van der Waals surface area contributed by atoms with E-state index in [1.807, 2.05) is 6.08 Å². The highest BCUT2D eigenvalue weighted by atomic mass is 16.5. The largest absolute Gasteiger partial charge is 0.359 e. The number of carbonyl (C=O) groups is 1. The number of hydrogen-bond acceptors (Lipinski definition) is 3. The van der Waals surface area contributed by atoms with Gasteiger partial charge >= 0.3 is 0 Å². The first kappa shape index (κ1) is 10.4. The highest BCUT2D eigenvalue weighted by Crippen LogP contribution is 2.65. The Morgan fingerprint density at radius 3 is 3.11 bits per heavy atom. The molecule has 4 nitrogen and oxygen atoms in total. The van der Waals surface area contributed by atoms with E-state index in [0.29, 0.717) is 11.2 Å². The Morgan fingerprint density at radius 2 is 2.39 bits per heavy atom. The molecule has 4 heteroatoms. The quantitative estimate of drug-likeness (QED) is 0.870. The molecule has 0 bridgehead atoms. The maximum atomic E-state index is 12.2. The summed E-state index contributed by atoms with van der Waals surface area (Å²) in [5.41, 5.74) is 1.32. The Labute approximate surface area is 105 Å².